The fraction of sp³-hybridized carbons (Fsp3) is 0.389. The van der Waals surface area contributed by atoms with Crippen molar-refractivity contribution in [1.29, 1.82) is 0 Å². The van der Waals surface area contributed by atoms with Gasteiger partial charge in [0.05, 0.1) is 18.7 Å². The third-order valence-corrected chi connectivity index (χ3v) is 4.83. The highest BCUT2D eigenvalue weighted by Crippen LogP contribution is 2.23. The van der Waals surface area contributed by atoms with E-state index < -0.39 is 0 Å². The highest BCUT2D eigenvalue weighted by Gasteiger charge is 2.23. The first-order valence-corrected chi connectivity index (χ1v) is 9.05. The summed E-state index contributed by atoms with van der Waals surface area (Å²) in [6.07, 6.45) is 5.04. The van der Waals surface area contributed by atoms with E-state index in [-0.39, 0.29) is 6.03 Å². The van der Waals surface area contributed by atoms with Crippen molar-refractivity contribution in [1.82, 2.24) is 34.9 Å². The molecular formula is C18H22N8O2. The molecule has 1 aliphatic rings. The number of pyridine rings is 1. The Balaban J connectivity index is 1.33. The van der Waals surface area contributed by atoms with Crippen LogP contribution in [0, 0.1) is 0 Å². The smallest absolute Gasteiger partial charge is 0.317 e. The SMILES string of the molecule is COc1ccc(CNC(=O)N2CCN(c3ncnc4c3cnn4C)CC2)cn1. The van der Waals surface area contributed by atoms with Gasteiger partial charge in [0.15, 0.2) is 5.65 Å². The second-order valence-corrected chi connectivity index (χ2v) is 6.54. The Morgan fingerprint density at radius 1 is 1.14 bits per heavy atom. The van der Waals surface area contributed by atoms with Crippen LogP contribution in [0.4, 0.5) is 10.6 Å². The molecule has 3 aromatic rings. The average Bonchev–Trinajstić information content (AvgIpc) is 3.13. The highest BCUT2D eigenvalue weighted by molar-refractivity contribution is 5.86. The summed E-state index contributed by atoms with van der Waals surface area (Å²) in [5.74, 6) is 1.42. The number of fused-ring (bicyclic) bond motifs is 1. The van der Waals surface area contributed by atoms with Gasteiger partial charge in [0, 0.05) is 52.0 Å². The Kier molecular flexibility index (Phi) is 4.92. The number of hydrogen-bond donors (Lipinski definition) is 1. The number of anilines is 1. The van der Waals surface area contributed by atoms with Crippen LogP contribution < -0.4 is 15.0 Å². The van der Waals surface area contributed by atoms with E-state index in [1.54, 1.807) is 36.6 Å². The van der Waals surface area contributed by atoms with Crippen molar-refractivity contribution < 1.29 is 9.53 Å². The first-order valence-electron chi connectivity index (χ1n) is 9.05. The molecular weight excluding hydrogens is 360 g/mol. The van der Waals surface area contributed by atoms with E-state index >= 15 is 0 Å². The number of piperazine rings is 1. The fourth-order valence-electron chi connectivity index (χ4n) is 3.25. The zero-order valence-electron chi connectivity index (χ0n) is 15.9. The molecule has 4 heterocycles. The number of ether oxygens (including phenoxy) is 1. The zero-order valence-corrected chi connectivity index (χ0v) is 15.9. The number of nitrogens with zero attached hydrogens (tertiary/aromatic N) is 7. The van der Waals surface area contributed by atoms with E-state index in [1.165, 1.54) is 0 Å². The molecule has 1 saturated heterocycles. The normalized spacial score (nSPS) is 14.4. The Hall–Kier alpha value is -3.43. The molecule has 4 rings (SSSR count). The van der Waals surface area contributed by atoms with Gasteiger partial charge in [-0.05, 0) is 5.56 Å². The molecule has 0 bridgehead atoms. The minimum atomic E-state index is -0.0790. The molecule has 0 aromatic carbocycles. The molecule has 1 aliphatic heterocycles. The van der Waals surface area contributed by atoms with Crippen LogP contribution in [0.15, 0.2) is 30.9 Å². The van der Waals surface area contributed by atoms with Crippen molar-refractivity contribution in [3.05, 3.63) is 36.4 Å². The third-order valence-electron chi connectivity index (χ3n) is 4.83. The number of carbonyl (C=O) groups excluding carboxylic acids is 1. The van der Waals surface area contributed by atoms with Crippen molar-refractivity contribution in [2.45, 2.75) is 6.54 Å². The lowest BCUT2D eigenvalue weighted by Crippen LogP contribution is -2.52. The topological polar surface area (TPSA) is 101 Å². The van der Waals surface area contributed by atoms with Crippen molar-refractivity contribution in [2.75, 3.05) is 38.2 Å². The predicted octanol–water partition coefficient (Wildman–Crippen LogP) is 0.799. The quantitative estimate of drug-likeness (QED) is 0.712. The summed E-state index contributed by atoms with van der Waals surface area (Å²) in [6.45, 7) is 3.09. The van der Waals surface area contributed by atoms with Crippen LogP contribution in [-0.2, 0) is 13.6 Å². The van der Waals surface area contributed by atoms with Gasteiger partial charge in [-0.3, -0.25) is 4.68 Å². The van der Waals surface area contributed by atoms with E-state index in [2.05, 4.69) is 30.3 Å². The standard InChI is InChI=1S/C18H22N8O2/c1-24-16-14(11-23-24)17(22-12-21-16)25-5-7-26(8-6-25)18(27)20-10-13-3-4-15(28-2)19-9-13/h3-4,9,11-12H,5-8,10H2,1-2H3,(H,20,27). The van der Waals surface area contributed by atoms with Crippen LogP contribution in [-0.4, -0.2) is 69.0 Å². The van der Waals surface area contributed by atoms with Gasteiger partial charge in [-0.25, -0.2) is 19.7 Å². The monoisotopic (exact) mass is 382 g/mol. The van der Waals surface area contributed by atoms with Gasteiger partial charge >= 0.3 is 6.03 Å². The summed E-state index contributed by atoms with van der Waals surface area (Å²) in [7, 11) is 3.43. The molecule has 10 heteroatoms. The van der Waals surface area contributed by atoms with Crippen LogP contribution in [0.2, 0.25) is 0 Å². The number of urea groups is 1. The second kappa shape index (κ2) is 7.67. The first kappa shape index (κ1) is 18.0. The number of carbonyl (C=O) groups is 1. The lowest BCUT2D eigenvalue weighted by Gasteiger charge is -2.35. The molecule has 1 N–H and O–H groups in total. The number of rotatable bonds is 4. The van der Waals surface area contributed by atoms with Crippen molar-refractivity contribution in [2.24, 2.45) is 7.05 Å². The van der Waals surface area contributed by atoms with Crippen molar-refractivity contribution in [3.8, 4) is 5.88 Å². The highest BCUT2D eigenvalue weighted by atomic mass is 16.5. The number of methoxy groups -OCH3 is 1. The largest absolute Gasteiger partial charge is 0.481 e. The fourth-order valence-corrected chi connectivity index (χ4v) is 3.25. The minimum Gasteiger partial charge on any atom is -0.481 e. The number of amides is 2. The molecule has 28 heavy (non-hydrogen) atoms. The Bertz CT molecular complexity index is 963. The number of nitrogens with one attached hydrogen (secondary N) is 1. The van der Waals surface area contributed by atoms with Gasteiger partial charge in [-0.15, -0.1) is 0 Å². The Morgan fingerprint density at radius 3 is 2.68 bits per heavy atom. The van der Waals surface area contributed by atoms with Crippen LogP contribution in [0.25, 0.3) is 11.0 Å². The maximum atomic E-state index is 12.5. The van der Waals surface area contributed by atoms with Gasteiger partial charge in [0.1, 0.15) is 12.1 Å². The molecule has 0 spiro atoms. The molecule has 1 fully saturated rings. The van der Waals surface area contributed by atoms with E-state index in [0.29, 0.717) is 38.6 Å². The van der Waals surface area contributed by atoms with E-state index in [1.807, 2.05) is 18.0 Å². The summed E-state index contributed by atoms with van der Waals surface area (Å²) in [5.41, 5.74) is 1.73. The van der Waals surface area contributed by atoms with Crippen molar-refractivity contribution in [3.63, 3.8) is 0 Å². The van der Waals surface area contributed by atoms with Gasteiger partial charge in [0.25, 0.3) is 0 Å². The zero-order chi connectivity index (χ0) is 19.5. The average molecular weight is 382 g/mol. The van der Waals surface area contributed by atoms with Gasteiger partial charge in [0.2, 0.25) is 5.88 Å². The molecule has 0 radical (unpaired) electrons. The third kappa shape index (κ3) is 3.53. The molecule has 0 unspecified atom stereocenters. The first-order chi connectivity index (χ1) is 13.7. The molecule has 3 aromatic heterocycles. The van der Waals surface area contributed by atoms with E-state index in [4.69, 9.17) is 4.74 Å². The molecule has 0 atom stereocenters. The van der Waals surface area contributed by atoms with Crippen LogP contribution in [0.5, 0.6) is 5.88 Å². The van der Waals surface area contributed by atoms with E-state index in [0.717, 1.165) is 22.4 Å². The maximum absolute atomic E-state index is 12.5. The van der Waals surface area contributed by atoms with Crippen LogP contribution in [0.3, 0.4) is 0 Å². The summed E-state index contributed by atoms with van der Waals surface area (Å²) in [5, 5.41) is 8.13. The Morgan fingerprint density at radius 2 is 1.96 bits per heavy atom. The van der Waals surface area contributed by atoms with Gasteiger partial charge in [-0.2, -0.15) is 5.10 Å². The Labute approximate surface area is 162 Å². The van der Waals surface area contributed by atoms with E-state index in [9.17, 15) is 4.79 Å². The summed E-state index contributed by atoms with van der Waals surface area (Å²) >= 11 is 0. The number of aryl methyl sites for hydroxylation is 1. The summed E-state index contributed by atoms with van der Waals surface area (Å²) in [6, 6.07) is 3.59. The summed E-state index contributed by atoms with van der Waals surface area (Å²) < 4.78 is 6.77. The lowest BCUT2D eigenvalue weighted by molar-refractivity contribution is 0.194. The van der Waals surface area contributed by atoms with Crippen molar-refractivity contribution >= 4 is 22.9 Å². The van der Waals surface area contributed by atoms with Crippen LogP contribution >= 0.6 is 0 Å². The van der Waals surface area contributed by atoms with Gasteiger partial charge < -0.3 is 19.9 Å². The number of aromatic nitrogens is 5. The molecule has 10 nitrogen and oxygen atoms in total. The van der Waals surface area contributed by atoms with Crippen LogP contribution in [0.1, 0.15) is 5.56 Å². The summed E-state index contributed by atoms with van der Waals surface area (Å²) in [4.78, 5) is 29.3. The second-order valence-electron chi connectivity index (χ2n) is 6.54. The predicted molar refractivity (Wildman–Crippen MR) is 103 cm³/mol. The molecule has 2 amide bonds. The minimum absolute atomic E-state index is 0.0790. The maximum Gasteiger partial charge on any atom is 0.317 e. The van der Waals surface area contributed by atoms with Gasteiger partial charge in [-0.1, -0.05) is 6.07 Å². The number of hydrogen-bond acceptors (Lipinski definition) is 7. The lowest BCUT2D eigenvalue weighted by atomic mass is 10.2. The molecule has 146 valence electrons. The molecule has 0 saturated carbocycles. The molecule has 0 aliphatic carbocycles.